The fraction of sp³-hybridized carbons (Fsp3) is 0.238. The van der Waals surface area contributed by atoms with Gasteiger partial charge in [-0.3, -0.25) is 4.79 Å². The maximum Gasteiger partial charge on any atom is 0.225 e. The first kappa shape index (κ1) is 21.5. The fourth-order valence-corrected chi connectivity index (χ4v) is 5.77. The van der Waals surface area contributed by atoms with Crippen molar-refractivity contribution in [2.45, 2.75) is 41.3 Å². The maximum atomic E-state index is 12.4. The van der Waals surface area contributed by atoms with Gasteiger partial charge in [-0.1, -0.05) is 29.5 Å². The van der Waals surface area contributed by atoms with Gasteiger partial charge in [0.2, 0.25) is 5.91 Å². The predicted octanol–water partition coefficient (Wildman–Crippen LogP) is 5.02. The van der Waals surface area contributed by atoms with Crippen LogP contribution in [0.2, 0.25) is 0 Å². The number of aromatic nitrogens is 1. The van der Waals surface area contributed by atoms with Gasteiger partial charge < -0.3 is 5.32 Å². The van der Waals surface area contributed by atoms with E-state index in [2.05, 4.69) is 10.3 Å². The van der Waals surface area contributed by atoms with Crippen LogP contribution in [0, 0.1) is 20.8 Å². The van der Waals surface area contributed by atoms with Crippen molar-refractivity contribution in [3.05, 3.63) is 64.7 Å². The molecule has 29 heavy (non-hydrogen) atoms. The van der Waals surface area contributed by atoms with Crippen LogP contribution in [0.3, 0.4) is 0 Å². The molecular formula is C21H22N2O3S3. The minimum Gasteiger partial charge on any atom is -0.326 e. The molecule has 0 saturated carbocycles. The Morgan fingerprint density at radius 1 is 1.10 bits per heavy atom. The van der Waals surface area contributed by atoms with Crippen LogP contribution in [0.1, 0.15) is 23.2 Å². The van der Waals surface area contributed by atoms with E-state index in [1.54, 1.807) is 47.4 Å². The lowest BCUT2D eigenvalue weighted by Crippen LogP contribution is -2.18. The van der Waals surface area contributed by atoms with Crippen LogP contribution in [-0.4, -0.2) is 25.1 Å². The summed E-state index contributed by atoms with van der Waals surface area (Å²) in [7, 11) is -3.48. The van der Waals surface area contributed by atoms with Gasteiger partial charge in [0.1, 0.15) is 0 Å². The lowest BCUT2D eigenvalue weighted by molar-refractivity contribution is -0.115. The zero-order valence-corrected chi connectivity index (χ0v) is 18.9. The van der Waals surface area contributed by atoms with Gasteiger partial charge in [-0.25, -0.2) is 13.4 Å². The topological polar surface area (TPSA) is 76.1 Å². The van der Waals surface area contributed by atoms with E-state index in [0.29, 0.717) is 5.69 Å². The molecule has 8 heteroatoms. The van der Waals surface area contributed by atoms with Crippen molar-refractivity contribution in [1.29, 1.82) is 0 Å². The second kappa shape index (κ2) is 9.11. The second-order valence-corrected chi connectivity index (χ2v) is 11.1. The molecule has 0 aliphatic carbocycles. The van der Waals surface area contributed by atoms with Crippen LogP contribution in [0.4, 0.5) is 5.69 Å². The van der Waals surface area contributed by atoms with Crippen molar-refractivity contribution in [2.24, 2.45) is 0 Å². The van der Waals surface area contributed by atoms with Crippen LogP contribution in [-0.2, 0) is 14.6 Å². The summed E-state index contributed by atoms with van der Waals surface area (Å²) in [6.45, 7) is 5.77. The van der Waals surface area contributed by atoms with Crippen LogP contribution in [0.25, 0.3) is 0 Å². The highest BCUT2D eigenvalue weighted by molar-refractivity contribution is 8.01. The molecule has 0 unspecified atom stereocenters. The summed E-state index contributed by atoms with van der Waals surface area (Å²) >= 11 is 3.18. The smallest absolute Gasteiger partial charge is 0.225 e. The molecule has 0 saturated heterocycles. The molecule has 0 bridgehead atoms. The number of hydrogen-bond acceptors (Lipinski definition) is 6. The number of sulfone groups is 1. The van der Waals surface area contributed by atoms with E-state index in [1.165, 1.54) is 0 Å². The highest BCUT2D eigenvalue weighted by Crippen LogP contribution is 2.32. The molecule has 0 fully saturated rings. The Kier molecular flexibility index (Phi) is 6.77. The van der Waals surface area contributed by atoms with Gasteiger partial charge in [0.05, 0.1) is 10.6 Å². The zero-order chi connectivity index (χ0) is 21.0. The molecule has 2 aromatic carbocycles. The first-order chi connectivity index (χ1) is 13.7. The summed E-state index contributed by atoms with van der Waals surface area (Å²) < 4.78 is 25.8. The average molecular weight is 447 g/mol. The molecule has 0 radical (unpaired) electrons. The Hall–Kier alpha value is -2.16. The number of thiazole rings is 1. The van der Waals surface area contributed by atoms with Crippen molar-refractivity contribution in [1.82, 2.24) is 4.98 Å². The number of hydrogen-bond donors (Lipinski definition) is 1. The van der Waals surface area contributed by atoms with E-state index in [0.717, 1.165) is 26.1 Å². The monoisotopic (exact) mass is 446 g/mol. The van der Waals surface area contributed by atoms with Crippen molar-refractivity contribution >= 4 is 44.5 Å². The third-order valence-electron chi connectivity index (χ3n) is 4.25. The number of carbonyl (C=O) groups excluding carboxylic acids is 1. The third-order valence-corrected chi connectivity index (χ3v) is 8.03. The van der Waals surface area contributed by atoms with Crippen LogP contribution >= 0.6 is 23.1 Å². The summed E-state index contributed by atoms with van der Waals surface area (Å²) in [5.74, 6) is -0.544. The molecule has 0 atom stereocenters. The normalized spacial score (nSPS) is 11.4. The van der Waals surface area contributed by atoms with Crippen molar-refractivity contribution < 1.29 is 13.2 Å². The van der Waals surface area contributed by atoms with Gasteiger partial charge >= 0.3 is 0 Å². The Morgan fingerprint density at radius 3 is 2.45 bits per heavy atom. The second-order valence-electron chi connectivity index (χ2n) is 6.76. The van der Waals surface area contributed by atoms with Gasteiger partial charge in [-0.2, -0.15) is 0 Å². The Bertz CT molecular complexity index is 1120. The Balaban J connectivity index is 1.59. The number of anilines is 1. The number of nitrogens with one attached hydrogen (secondary N) is 1. The lowest BCUT2D eigenvalue weighted by Gasteiger charge is -2.10. The number of aryl methyl sites for hydroxylation is 3. The summed E-state index contributed by atoms with van der Waals surface area (Å²) in [5.41, 5.74) is 3.59. The molecule has 152 valence electrons. The third kappa shape index (κ3) is 5.91. The molecule has 0 aliphatic heterocycles. The minimum absolute atomic E-state index is 0.0927. The quantitative estimate of drug-likeness (QED) is 0.551. The van der Waals surface area contributed by atoms with Crippen LogP contribution < -0.4 is 5.32 Å². The molecule has 5 nitrogen and oxygen atoms in total. The van der Waals surface area contributed by atoms with Gasteiger partial charge in [-0.15, -0.1) is 11.3 Å². The molecule has 0 aliphatic rings. The highest BCUT2D eigenvalue weighted by Gasteiger charge is 2.17. The SMILES string of the molecule is Cc1ccc(S(=O)(=O)CCC(=O)Nc2ccc(Sc3nc(C)cs3)cc2C)cc1. The van der Waals surface area contributed by atoms with Crippen molar-refractivity contribution in [3.63, 3.8) is 0 Å². The van der Waals surface area contributed by atoms with Crippen LogP contribution in [0.15, 0.2) is 62.0 Å². The standard InChI is InChI=1S/C21H22N2O3S3/c1-14-4-7-18(8-5-14)29(25,26)11-10-20(24)23-19-9-6-17(12-15(19)2)28-21-22-16(3)13-27-21/h4-9,12-13H,10-11H2,1-3H3,(H,23,24). The summed E-state index contributed by atoms with van der Waals surface area (Å²) in [6.07, 6.45) is -0.0927. The first-order valence-corrected chi connectivity index (χ1v) is 12.4. The number of benzene rings is 2. The van der Waals surface area contributed by atoms with E-state index in [4.69, 9.17) is 0 Å². The number of rotatable bonds is 7. The molecule has 3 aromatic rings. The fourth-order valence-electron chi connectivity index (χ4n) is 2.62. The predicted molar refractivity (Wildman–Crippen MR) is 119 cm³/mol. The van der Waals surface area contributed by atoms with Crippen LogP contribution in [0.5, 0.6) is 0 Å². The molecule has 1 aromatic heterocycles. The molecule has 1 amide bonds. The molecule has 1 N–H and O–H groups in total. The number of carbonyl (C=O) groups is 1. The minimum atomic E-state index is -3.48. The number of amides is 1. The summed E-state index contributed by atoms with van der Waals surface area (Å²) in [4.78, 5) is 18.0. The van der Waals surface area contributed by atoms with E-state index < -0.39 is 9.84 Å². The summed E-state index contributed by atoms with van der Waals surface area (Å²) in [5, 5.41) is 4.82. The first-order valence-electron chi connectivity index (χ1n) is 9.03. The maximum absolute atomic E-state index is 12.4. The highest BCUT2D eigenvalue weighted by atomic mass is 32.2. The lowest BCUT2D eigenvalue weighted by atomic mass is 10.2. The zero-order valence-electron chi connectivity index (χ0n) is 16.4. The Morgan fingerprint density at radius 2 is 1.83 bits per heavy atom. The Labute approximate surface area is 179 Å². The van der Waals surface area contributed by atoms with E-state index >= 15 is 0 Å². The van der Waals surface area contributed by atoms with Gasteiger partial charge in [0.25, 0.3) is 0 Å². The van der Waals surface area contributed by atoms with Gasteiger partial charge in [-0.05, 0) is 56.7 Å². The molecule has 3 rings (SSSR count). The molecule has 0 spiro atoms. The van der Waals surface area contributed by atoms with Gasteiger partial charge in [0.15, 0.2) is 14.2 Å². The van der Waals surface area contributed by atoms with Crippen molar-refractivity contribution in [2.75, 3.05) is 11.1 Å². The van der Waals surface area contributed by atoms with Crippen molar-refractivity contribution in [3.8, 4) is 0 Å². The molecular weight excluding hydrogens is 424 g/mol. The van der Waals surface area contributed by atoms with E-state index in [9.17, 15) is 13.2 Å². The summed E-state index contributed by atoms with van der Waals surface area (Å²) in [6, 6.07) is 12.4. The molecule has 1 heterocycles. The average Bonchev–Trinajstić information content (AvgIpc) is 3.07. The largest absolute Gasteiger partial charge is 0.326 e. The van der Waals surface area contributed by atoms with E-state index in [-0.39, 0.29) is 23.0 Å². The number of nitrogens with zero attached hydrogens (tertiary/aromatic N) is 1. The van der Waals surface area contributed by atoms with E-state index in [1.807, 2.05) is 44.4 Å². The van der Waals surface area contributed by atoms with Gasteiger partial charge in [0, 0.05) is 28.1 Å².